The number of hydrogen-bond acceptors (Lipinski definition) is 4. The van der Waals surface area contributed by atoms with Gasteiger partial charge in [-0.15, -0.1) is 0 Å². The Hall–Kier alpha value is -1.09. The second-order valence-electron chi connectivity index (χ2n) is 4.19. The van der Waals surface area contributed by atoms with Gasteiger partial charge in [0.15, 0.2) is 16.1 Å². The van der Waals surface area contributed by atoms with Crippen LogP contribution < -0.4 is 0 Å². The molecule has 0 N–H and O–H groups in total. The Morgan fingerprint density at radius 1 is 1.60 bits per heavy atom. The van der Waals surface area contributed by atoms with Gasteiger partial charge in [0.1, 0.15) is 0 Å². The first-order chi connectivity index (χ1) is 9.34. The first kappa shape index (κ1) is 15.3. The van der Waals surface area contributed by atoms with Crippen LogP contribution in [0.5, 0.6) is 0 Å². The minimum atomic E-state index is -4.73. The van der Waals surface area contributed by atoms with E-state index < -0.39 is 23.5 Å². The van der Waals surface area contributed by atoms with Crippen molar-refractivity contribution in [1.29, 1.82) is 0 Å². The maximum Gasteiger partial charge on any atom is 0.435 e. The van der Waals surface area contributed by atoms with Gasteiger partial charge in [0.05, 0.1) is 19.3 Å². The van der Waals surface area contributed by atoms with E-state index in [1.165, 1.54) is 6.92 Å². The number of carbonyl (C=O) groups is 1. The first-order valence-electron chi connectivity index (χ1n) is 5.96. The van der Waals surface area contributed by atoms with Crippen LogP contribution in [0.15, 0.2) is 4.73 Å². The quantitative estimate of drug-likeness (QED) is 0.778. The van der Waals surface area contributed by atoms with Gasteiger partial charge in [0.25, 0.3) is 0 Å². The molecule has 1 aromatic rings. The highest BCUT2D eigenvalue weighted by molar-refractivity contribution is 9.10. The molecule has 1 aromatic heterocycles. The third-order valence-electron chi connectivity index (χ3n) is 2.84. The molecule has 5 nitrogen and oxygen atoms in total. The Morgan fingerprint density at radius 2 is 2.25 bits per heavy atom. The van der Waals surface area contributed by atoms with Crippen molar-refractivity contribution in [1.82, 2.24) is 9.55 Å². The second kappa shape index (κ2) is 5.72. The standard InChI is InChI=1S/C11H12BrF3N2O3/c1-2-19-9(18)7-8(11(13,14)15)16-10(12)17(7)5-6-3-4-20-6/h6H,2-5H2,1H3/t6-/m0/s1. The van der Waals surface area contributed by atoms with Crippen molar-refractivity contribution in [2.24, 2.45) is 0 Å². The predicted molar refractivity (Wildman–Crippen MR) is 65.2 cm³/mol. The minimum absolute atomic E-state index is 0.0150. The number of aromatic nitrogens is 2. The molecule has 2 heterocycles. The van der Waals surface area contributed by atoms with E-state index in [4.69, 9.17) is 4.74 Å². The summed E-state index contributed by atoms with van der Waals surface area (Å²) in [6.45, 7) is 2.20. The topological polar surface area (TPSA) is 53.3 Å². The van der Waals surface area contributed by atoms with Crippen molar-refractivity contribution in [2.45, 2.75) is 32.2 Å². The minimum Gasteiger partial charge on any atom is -0.461 e. The van der Waals surface area contributed by atoms with Crippen molar-refractivity contribution in [2.75, 3.05) is 13.2 Å². The summed E-state index contributed by atoms with van der Waals surface area (Å²) in [6.07, 6.45) is -4.21. The fourth-order valence-corrected chi connectivity index (χ4v) is 2.33. The van der Waals surface area contributed by atoms with Crippen molar-refractivity contribution >= 4 is 21.9 Å². The Balaban J connectivity index is 2.42. The number of hydrogen-bond donors (Lipinski definition) is 0. The van der Waals surface area contributed by atoms with Crippen LogP contribution in [0, 0.1) is 0 Å². The molecule has 1 aliphatic heterocycles. The summed E-state index contributed by atoms with van der Waals surface area (Å²) in [5.74, 6) is -1.04. The van der Waals surface area contributed by atoms with Crippen molar-refractivity contribution in [3.05, 3.63) is 16.1 Å². The Bertz CT molecular complexity index is 512. The molecule has 0 spiro atoms. The molecule has 0 radical (unpaired) electrons. The lowest BCUT2D eigenvalue weighted by atomic mass is 10.2. The van der Waals surface area contributed by atoms with E-state index in [-0.39, 0.29) is 24.0 Å². The van der Waals surface area contributed by atoms with Crippen LogP contribution in [0.4, 0.5) is 13.2 Å². The van der Waals surface area contributed by atoms with E-state index in [1.807, 2.05) is 0 Å². The average molecular weight is 357 g/mol. The lowest BCUT2D eigenvalue weighted by molar-refractivity contribution is -0.141. The number of alkyl halides is 3. The molecule has 1 aliphatic rings. The lowest BCUT2D eigenvalue weighted by Gasteiger charge is -2.27. The first-order valence-corrected chi connectivity index (χ1v) is 6.75. The zero-order valence-electron chi connectivity index (χ0n) is 10.5. The number of esters is 1. The SMILES string of the molecule is CCOC(=O)c1c(C(F)(F)F)nc(Br)n1C[C@@H]1CCO1. The van der Waals surface area contributed by atoms with Crippen LogP contribution >= 0.6 is 15.9 Å². The van der Waals surface area contributed by atoms with Crippen molar-refractivity contribution < 1.29 is 27.4 Å². The molecule has 1 atom stereocenters. The van der Waals surface area contributed by atoms with E-state index in [2.05, 4.69) is 25.7 Å². The third-order valence-corrected chi connectivity index (χ3v) is 3.44. The molecule has 0 unspecified atom stereocenters. The zero-order chi connectivity index (χ0) is 14.9. The number of halogens is 4. The Kier molecular flexibility index (Phi) is 4.38. The fourth-order valence-electron chi connectivity index (χ4n) is 1.83. The molecule has 0 bridgehead atoms. The second-order valence-corrected chi connectivity index (χ2v) is 4.90. The molecule has 0 aromatic carbocycles. The summed E-state index contributed by atoms with van der Waals surface area (Å²) in [5.41, 5.74) is -1.84. The summed E-state index contributed by atoms with van der Waals surface area (Å²) in [7, 11) is 0. The number of ether oxygens (including phenoxy) is 2. The van der Waals surface area contributed by atoms with Gasteiger partial charge < -0.3 is 14.0 Å². The number of nitrogens with zero attached hydrogens (tertiary/aromatic N) is 2. The molecule has 1 fully saturated rings. The molecule has 2 rings (SSSR count). The van der Waals surface area contributed by atoms with Crippen LogP contribution in [0.2, 0.25) is 0 Å². The molecule has 9 heteroatoms. The van der Waals surface area contributed by atoms with Crippen LogP contribution in [0.3, 0.4) is 0 Å². The Morgan fingerprint density at radius 3 is 2.70 bits per heavy atom. The Labute approximate surface area is 121 Å². The van der Waals surface area contributed by atoms with Gasteiger partial charge in [-0.05, 0) is 29.3 Å². The smallest absolute Gasteiger partial charge is 0.435 e. The maximum atomic E-state index is 12.9. The predicted octanol–water partition coefficient (Wildman–Crippen LogP) is 2.63. The largest absolute Gasteiger partial charge is 0.461 e. The fraction of sp³-hybridized carbons (Fsp3) is 0.636. The van der Waals surface area contributed by atoms with Gasteiger partial charge in [-0.2, -0.15) is 13.2 Å². The van der Waals surface area contributed by atoms with E-state index in [1.54, 1.807) is 0 Å². The van der Waals surface area contributed by atoms with Gasteiger partial charge in [0, 0.05) is 6.61 Å². The zero-order valence-corrected chi connectivity index (χ0v) is 12.1. The van der Waals surface area contributed by atoms with Crippen LogP contribution in [-0.4, -0.2) is 34.8 Å². The van der Waals surface area contributed by atoms with E-state index in [0.29, 0.717) is 6.61 Å². The monoisotopic (exact) mass is 356 g/mol. The lowest BCUT2D eigenvalue weighted by Crippen LogP contribution is -2.32. The van der Waals surface area contributed by atoms with Crippen molar-refractivity contribution in [3.63, 3.8) is 0 Å². The van der Waals surface area contributed by atoms with Gasteiger partial charge in [0.2, 0.25) is 0 Å². The molecule has 0 aliphatic carbocycles. The van der Waals surface area contributed by atoms with Gasteiger partial charge in [-0.1, -0.05) is 0 Å². The van der Waals surface area contributed by atoms with Crippen LogP contribution in [0.25, 0.3) is 0 Å². The van der Waals surface area contributed by atoms with Crippen LogP contribution in [-0.2, 0) is 22.2 Å². The maximum absolute atomic E-state index is 12.9. The highest BCUT2D eigenvalue weighted by atomic mass is 79.9. The molecule has 1 saturated heterocycles. The van der Waals surface area contributed by atoms with Gasteiger partial charge in [-0.3, -0.25) is 0 Å². The normalized spacial score (nSPS) is 18.8. The van der Waals surface area contributed by atoms with E-state index in [9.17, 15) is 18.0 Å². The van der Waals surface area contributed by atoms with E-state index in [0.717, 1.165) is 11.0 Å². The van der Waals surface area contributed by atoms with Gasteiger partial charge >= 0.3 is 12.1 Å². The summed E-state index contributed by atoms with van der Waals surface area (Å²) < 4.78 is 49.8. The summed E-state index contributed by atoms with van der Waals surface area (Å²) in [4.78, 5) is 15.2. The molecule has 0 saturated carbocycles. The summed E-state index contributed by atoms with van der Waals surface area (Å²) in [5, 5.41) is 0. The number of imidazole rings is 1. The number of carbonyl (C=O) groups excluding carboxylic acids is 1. The van der Waals surface area contributed by atoms with Gasteiger partial charge in [-0.25, -0.2) is 9.78 Å². The molecular formula is C11H12BrF3N2O3. The molecular weight excluding hydrogens is 345 g/mol. The highest BCUT2D eigenvalue weighted by Crippen LogP contribution is 2.34. The van der Waals surface area contributed by atoms with E-state index >= 15 is 0 Å². The molecule has 0 amide bonds. The summed E-state index contributed by atoms with van der Waals surface area (Å²) >= 11 is 2.95. The van der Waals surface area contributed by atoms with Crippen LogP contribution in [0.1, 0.15) is 29.5 Å². The summed E-state index contributed by atoms with van der Waals surface area (Å²) in [6, 6.07) is 0. The molecule has 20 heavy (non-hydrogen) atoms. The molecule has 112 valence electrons. The van der Waals surface area contributed by atoms with Crippen molar-refractivity contribution in [3.8, 4) is 0 Å². The number of rotatable bonds is 4. The highest BCUT2D eigenvalue weighted by Gasteiger charge is 2.42. The average Bonchev–Trinajstić information content (AvgIpc) is 2.61. The third kappa shape index (κ3) is 2.98.